The fraction of sp³-hybridized carbons (Fsp3) is 0.778. The lowest BCUT2D eigenvalue weighted by Gasteiger charge is -2.20. The number of aliphatic hydroxyl groups excluding tert-OH is 2. The van der Waals surface area contributed by atoms with E-state index < -0.39 is 12.2 Å². The minimum absolute atomic E-state index is 0.128. The first-order chi connectivity index (χ1) is 7.15. The Morgan fingerprint density at radius 3 is 2.27 bits per heavy atom. The number of esters is 1. The van der Waals surface area contributed by atoms with Gasteiger partial charge in [0.2, 0.25) is 12.3 Å². The molecular formula is C9H15NO5. The third kappa shape index (κ3) is 5.96. The van der Waals surface area contributed by atoms with E-state index in [4.69, 9.17) is 14.9 Å². The summed E-state index contributed by atoms with van der Waals surface area (Å²) in [5.74, 6) is -0.940. The predicted molar refractivity (Wildman–Crippen MR) is 50.6 cm³/mol. The molecule has 0 aliphatic heterocycles. The van der Waals surface area contributed by atoms with Gasteiger partial charge in [-0.1, -0.05) is 0 Å². The third-order valence-corrected chi connectivity index (χ3v) is 1.87. The van der Waals surface area contributed by atoms with Crippen LogP contribution >= 0.6 is 0 Å². The number of aliphatic hydroxyl groups is 2. The predicted octanol–water partition coefficient (Wildman–Crippen LogP) is -0.408. The molecule has 0 aliphatic rings. The van der Waals surface area contributed by atoms with E-state index in [-0.39, 0.29) is 19.1 Å². The van der Waals surface area contributed by atoms with Crippen molar-refractivity contribution in [2.24, 2.45) is 10.9 Å². The first kappa shape index (κ1) is 13.8. The number of ether oxygens (including phenoxy) is 1. The maximum Gasteiger partial charge on any atom is 0.304 e. The highest BCUT2D eigenvalue weighted by Gasteiger charge is 2.22. The van der Waals surface area contributed by atoms with Gasteiger partial charge in [-0.15, -0.1) is 0 Å². The van der Waals surface area contributed by atoms with Crippen LogP contribution in [-0.2, 0) is 14.3 Å². The molecular weight excluding hydrogens is 202 g/mol. The number of carbonyl (C=O) groups excluding carboxylic acids is 2. The van der Waals surface area contributed by atoms with Gasteiger partial charge in [0.15, 0.2) is 0 Å². The van der Waals surface area contributed by atoms with Gasteiger partial charge in [-0.05, 0) is 12.8 Å². The number of carbonyl (C=O) groups is 1. The van der Waals surface area contributed by atoms with Crippen molar-refractivity contribution in [2.45, 2.75) is 26.0 Å². The van der Waals surface area contributed by atoms with Crippen LogP contribution in [0.4, 0.5) is 0 Å². The Morgan fingerprint density at radius 1 is 1.40 bits per heavy atom. The molecule has 0 amide bonds. The summed E-state index contributed by atoms with van der Waals surface area (Å²) in [4.78, 5) is 24.1. The lowest BCUT2D eigenvalue weighted by Crippen LogP contribution is -2.26. The van der Waals surface area contributed by atoms with E-state index in [1.165, 1.54) is 13.0 Å². The second-order valence-corrected chi connectivity index (χ2v) is 3.01. The van der Waals surface area contributed by atoms with E-state index in [0.717, 1.165) is 0 Å². The smallest absolute Gasteiger partial charge is 0.304 e. The summed E-state index contributed by atoms with van der Waals surface area (Å²) in [6, 6.07) is 0. The molecule has 0 aromatic rings. The van der Waals surface area contributed by atoms with Crippen LogP contribution in [-0.4, -0.2) is 41.7 Å². The molecule has 0 heterocycles. The highest BCUT2D eigenvalue weighted by atomic mass is 16.6. The summed E-state index contributed by atoms with van der Waals surface area (Å²) in [5, 5.41) is 17.5. The quantitative estimate of drug-likeness (QED) is 0.343. The highest BCUT2D eigenvalue weighted by Crippen LogP contribution is 2.17. The zero-order valence-electron chi connectivity index (χ0n) is 8.55. The summed E-state index contributed by atoms with van der Waals surface area (Å²) in [6.45, 7) is 0.940. The zero-order chi connectivity index (χ0) is 11.7. The molecule has 0 radical (unpaired) electrons. The van der Waals surface area contributed by atoms with E-state index >= 15 is 0 Å². The van der Waals surface area contributed by atoms with Gasteiger partial charge in [-0.3, -0.25) is 4.79 Å². The molecule has 2 N–H and O–H groups in total. The van der Waals surface area contributed by atoms with Gasteiger partial charge in [0.25, 0.3) is 0 Å². The molecule has 0 fully saturated rings. The van der Waals surface area contributed by atoms with Gasteiger partial charge in [0.05, 0.1) is 0 Å². The second kappa shape index (κ2) is 8.11. The number of nitrogens with zero attached hydrogens (tertiary/aromatic N) is 1. The minimum atomic E-state index is -0.973. The molecule has 0 saturated heterocycles. The molecule has 0 aromatic carbocycles. The van der Waals surface area contributed by atoms with Crippen molar-refractivity contribution >= 4 is 12.0 Å². The van der Waals surface area contributed by atoms with Crippen molar-refractivity contribution in [1.82, 2.24) is 0 Å². The van der Waals surface area contributed by atoms with Crippen LogP contribution in [0.5, 0.6) is 0 Å². The Balaban J connectivity index is 4.49. The molecule has 0 rings (SSSR count). The summed E-state index contributed by atoms with van der Waals surface area (Å²) in [6.07, 6.45) is 0.923. The fourth-order valence-electron chi connectivity index (χ4n) is 1.21. The first-order valence-electron chi connectivity index (χ1n) is 4.61. The van der Waals surface area contributed by atoms with Crippen LogP contribution in [0.3, 0.4) is 0 Å². The van der Waals surface area contributed by atoms with Crippen molar-refractivity contribution in [3.8, 4) is 0 Å². The largest absolute Gasteiger partial charge is 0.439 e. The first-order valence-corrected chi connectivity index (χ1v) is 4.61. The summed E-state index contributed by atoms with van der Waals surface area (Å²) in [7, 11) is 0. The molecule has 0 aliphatic carbocycles. The zero-order valence-corrected chi connectivity index (χ0v) is 8.55. The summed E-state index contributed by atoms with van der Waals surface area (Å²) < 4.78 is 4.77. The fourth-order valence-corrected chi connectivity index (χ4v) is 1.21. The van der Waals surface area contributed by atoms with Gasteiger partial charge >= 0.3 is 5.97 Å². The standard InChI is InChI=1S/C9H15NO5/c1-7(14)15-9(10-6-13)8(2-4-11)3-5-12/h8-9,11-12H,2-5H2,1H3. The maximum absolute atomic E-state index is 10.7. The molecule has 0 aromatic heterocycles. The van der Waals surface area contributed by atoms with Crippen LogP contribution in [0.2, 0.25) is 0 Å². The van der Waals surface area contributed by atoms with Crippen LogP contribution in [0.1, 0.15) is 19.8 Å². The van der Waals surface area contributed by atoms with E-state index in [2.05, 4.69) is 4.99 Å². The summed E-state index contributed by atoms with van der Waals surface area (Å²) in [5.41, 5.74) is 0. The lowest BCUT2D eigenvalue weighted by atomic mass is 10.0. The Hall–Kier alpha value is -1.23. The van der Waals surface area contributed by atoms with Crippen LogP contribution in [0.25, 0.3) is 0 Å². The number of hydrogen-bond acceptors (Lipinski definition) is 6. The minimum Gasteiger partial charge on any atom is -0.439 e. The molecule has 0 saturated carbocycles. The average Bonchev–Trinajstić information content (AvgIpc) is 2.16. The number of hydrogen-bond donors (Lipinski definition) is 2. The Morgan fingerprint density at radius 2 is 1.93 bits per heavy atom. The Kier molecular flexibility index (Phi) is 7.44. The van der Waals surface area contributed by atoms with E-state index in [9.17, 15) is 9.59 Å². The number of aliphatic imine (C=N–C) groups is 1. The van der Waals surface area contributed by atoms with Gasteiger partial charge < -0.3 is 14.9 Å². The molecule has 1 atom stereocenters. The monoisotopic (exact) mass is 217 g/mol. The van der Waals surface area contributed by atoms with Crippen molar-refractivity contribution in [3.05, 3.63) is 0 Å². The summed E-state index contributed by atoms with van der Waals surface area (Å²) >= 11 is 0. The molecule has 86 valence electrons. The van der Waals surface area contributed by atoms with Crippen molar-refractivity contribution in [2.75, 3.05) is 13.2 Å². The van der Waals surface area contributed by atoms with E-state index in [1.54, 1.807) is 0 Å². The SMILES string of the molecule is CC(=O)OC(N=C=O)C(CCO)CCO. The van der Waals surface area contributed by atoms with Crippen LogP contribution < -0.4 is 0 Å². The van der Waals surface area contributed by atoms with E-state index in [0.29, 0.717) is 12.8 Å². The van der Waals surface area contributed by atoms with Crippen LogP contribution in [0.15, 0.2) is 4.99 Å². The third-order valence-electron chi connectivity index (χ3n) is 1.87. The Labute approximate surface area is 87.6 Å². The molecule has 0 spiro atoms. The molecule has 0 bridgehead atoms. The topological polar surface area (TPSA) is 96.2 Å². The van der Waals surface area contributed by atoms with Crippen LogP contribution in [0, 0.1) is 5.92 Å². The second-order valence-electron chi connectivity index (χ2n) is 3.01. The maximum atomic E-state index is 10.7. The normalized spacial score (nSPS) is 12.0. The molecule has 15 heavy (non-hydrogen) atoms. The lowest BCUT2D eigenvalue weighted by molar-refractivity contribution is -0.149. The van der Waals surface area contributed by atoms with Gasteiger partial charge in [-0.2, -0.15) is 4.99 Å². The van der Waals surface area contributed by atoms with Gasteiger partial charge in [0.1, 0.15) is 0 Å². The molecule has 1 unspecified atom stereocenters. The highest BCUT2D eigenvalue weighted by molar-refractivity contribution is 5.66. The number of rotatable bonds is 7. The van der Waals surface area contributed by atoms with Gasteiger partial charge in [-0.25, -0.2) is 4.79 Å². The van der Waals surface area contributed by atoms with Crippen molar-refractivity contribution < 1.29 is 24.5 Å². The molecule has 6 nitrogen and oxygen atoms in total. The molecule has 6 heteroatoms. The Bertz CT molecular complexity index is 231. The van der Waals surface area contributed by atoms with Gasteiger partial charge in [0, 0.05) is 26.1 Å². The van der Waals surface area contributed by atoms with Crippen molar-refractivity contribution in [3.63, 3.8) is 0 Å². The number of isocyanates is 1. The van der Waals surface area contributed by atoms with Crippen molar-refractivity contribution in [1.29, 1.82) is 0 Å². The average molecular weight is 217 g/mol. The van der Waals surface area contributed by atoms with E-state index in [1.807, 2.05) is 0 Å².